The summed E-state index contributed by atoms with van der Waals surface area (Å²) in [6, 6.07) is 8.94. The summed E-state index contributed by atoms with van der Waals surface area (Å²) in [5, 5.41) is 37.0. The van der Waals surface area contributed by atoms with E-state index in [4.69, 9.17) is 9.84 Å². The highest BCUT2D eigenvalue weighted by Crippen LogP contribution is 2.51. The lowest BCUT2D eigenvalue weighted by Crippen LogP contribution is -2.29. The summed E-state index contributed by atoms with van der Waals surface area (Å²) in [4.78, 5) is 21.6. The lowest BCUT2D eigenvalue weighted by Gasteiger charge is -2.30. The Balaban J connectivity index is 1.52. The van der Waals surface area contributed by atoms with Crippen molar-refractivity contribution in [3.8, 4) is 0 Å². The van der Waals surface area contributed by atoms with Crippen LogP contribution in [0.3, 0.4) is 0 Å². The maximum Gasteiger partial charge on any atom is 0.303 e. The van der Waals surface area contributed by atoms with E-state index in [1.807, 2.05) is 45.9 Å². The average Bonchev–Trinajstić information content (AvgIpc) is 3.55. The van der Waals surface area contributed by atoms with E-state index in [2.05, 4.69) is 59.3 Å². The van der Waals surface area contributed by atoms with Gasteiger partial charge in [-0.3, -0.25) is 13.9 Å². The van der Waals surface area contributed by atoms with Gasteiger partial charge in [0.15, 0.2) is 18.8 Å². The van der Waals surface area contributed by atoms with E-state index in [9.17, 15) is 30.7 Å². The van der Waals surface area contributed by atoms with Crippen molar-refractivity contribution in [2.24, 2.45) is 0 Å². The number of carbonyl (C=O) groups is 1. The number of carboxylic acid groups (broad SMARTS) is 1. The van der Waals surface area contributed by atoms with Crippen LogP contribution in [0.15, 0.2) is 82.6 Å². The van der Waals surface area contributed by atoms with Crippen LogP contribution in [0.2, 0.25) is 0 Å². The van der Waals surface area contributed by atoms with E-state index in [0.717, 1.165) is 35.3 Å². The first-order valence-corrected chi connectivity index (χ1v) is 21.3. The molecule has 23 heteroatoms. The number of benzene rings is 2. The van der Waals surface area contributed by atoms with Crippen LogP contribution in [-0.2, 0) is 90.4 Å². The zero-order chi connectivity index (χ0) is 44.0. The molecule has 3 N–H and O–H groups in total. The van der Waals surface area contributed by atoms with Gasteiger partial charge in [0.05, 0.1) is 22.3 Å². The Labute approximate surface area is 346 Å². The number of likely N-dealkylation sites (N-methyl/N-ethyl adjacent to an activating group) is 1. The first-order chi connectivity index (χ1) is 28.5. The molecule has 0 bridgehead atoms. The van der Waals surface area contributed by atoms with Gasteiger partial charge in [-0.15, -0.1) is 0 Å². The number of fused-ring (bicyclic) bond motifs is 2. The van der Waals surface area contributed by atoms with Crippen LogP contribution in [0.4, 0.5) is 11.4 Å². The zero-order valence-corrected chi connectivity index (χ0v) is 35.1. The second-order valence-electron chi connectivity index (χ2n) is 14.0. The minimum absolute atomic E-state index is 0.0510. The van der Waals surface area contributed by atoms with Crippen LogP contribution in [0.1, 0.15) is 77.3 Å². The Kier molecular flexibility index (Phi) is 17.7. The van der Waals surface area contributed by atoms with Gasteiger partial charge >= 0.3 is 5.97 Å². The molecule has 0 radical (unpaired) electrons. The number of nitrogens with zero attached hydrogens (tertiary/aromatic N) is 2. The number of unbranched alkanes of at least 4 members (excludes halogenated alkanes) is 2. The van der Waals surface area contributed by atoms with Crippen molar-refractivity contribution in [2.75, 3.05) is 38.5 Å². The van der Waals surface area contributed by atoms with Crippen LogP contribution < -0.4 is 4.90 Å². The lowest BCUT2D eigenvalue weighted by atomic mass is 9.77. The topological polar surface area (TPSA) is 254 Å². The molecule has 0 aliphatic carbocycles. The van der Waals surface area contributed by atoms with Crippen molar-refractivity contribution in [3.05, 3.63) is 84.0 Å². The number of hydrogen-bond acceptors (Lipinski definition) is 17. The number of aliphatic carboxylic acids is 1. The number of ether oxygens (including phenoxy) is 2. The van der Waals surface area contributed by atoms with Crippen LogP contribution in [0, 0.1) is 0 Å². The molecule has 1 atom stereocenters. The molecule has 2 aliphatic heterocycles. The van der Waals surface area contributed by atoms with E-state index < -0.39 is 43.8 Å². The SMILES string of the molecule is CCN1C(=CC=CC2=[N+](CCCCCC(=O)O)c3ccc(S(=O)(=O)O)cc3C2(C)C)C(C)(CCCOCOOOOOOOOO/C=C\OC)c2cc(S(=O)(=O)O)ccc21. The van der Waals surface area contributed by atoms with Gasteiger partial charge in [0.1, 0.15) is 12.8 Å². The third-order valence-corrected chi connectivity index (χ3v) is 11.6. The van der Waals surface area contributed by atoms with E-state index in [0.29, 0.717) is 56.3 Å². The van der Waals surface area contributed by atoms with Crippen LogP contribution in [-0.4, -0.2) is 80.9 Å². The fourth-order valence-corrected chi connectivity index (χ4v) is 8.15. The van der Waals surface area contributed by atoms with Gasteiger partial charge in [-0.05, 0) is 110 Å². The Morgan fingerprint density at radius 2 is 1.48 bits per heavy atom. The highest BCUT2D eigenvalue weighted by molar-refractivity contribution is 7.86. The molecular formula is C37H49N2O19S2+. The molecule has 0 saturated heterocycles. The summed E-state index contributed by atoms with van der Waals surface area (Å²) in [6.45, 7) is 8.59. The number of allylic oxidation sites excluding steroid dienone is 4. The van der Waals surface area contributed by atoms with Gasteiger partial charge in [-0.2, -0.15) is 26.3 Å². The number of rotatable bonds is 27. The van der Waals surface area contributed by atoms with Gasteiger partial charge in [-0.1, -0.05) is 6.08 Å². The number of anilines is 1. The van der Waals surface area contributed by atoms with Crippen molar-refractivity contribution < 1.29 is 94.9 Å². The van der Waals surface area contributed by atoms with Gasteiger partial charge < -0.3 is 24.4 Å². The highest BCUT2D eigenvalue weighted by Gasteiger charge is 2.46. The molecule has 60 heavy (non-hydrogen) atoms. The van der Waals surface area contributed by atoms with Crippen molar-refractivity contribution >= 4 is 43.3 Å². The van der Waals surface area contributed by atoms with E-state index in [1.165, 1.54) is 31.4 Å². The Bertz CT molecular complexity index is 2140. The minimum atomic E-state index is -4.53. The van der Waals surface area contributed by atoms with Gasteiger partial charge in [0.25, 0.3) is 20.2 Å². The van der Waals surface area contributed by atoms with Crippen molar-refractivity contribution in [1.29, 1.82) is 0 Å². The van der Waals surface area contributed by atoms with E-state index in [1.54, 1.807) is 12.1 Å². The summed E-state index contributed by atoms with van der Waals surface area (Å²) in [5.41, 5.74) is 3.02. The second-order valence-corrected chi connectivity index (χ2v) is 16.8. The third kappa shape index (κ3) is 12.6. The largest absolute Gasteiger partial charge is 0.501 e. The van der Waals surface area contributed by atoms with E-state index >= 15 is 0 Å². The minimum Gasteiger partial charge on any atom is -0.501 e. The normalized spacial score (nSPS) is 18.2. The molecule has 2 aromatic carbocycles. The second kappa shape index (κ2) is 22.0. The Morgan fingerprint density at radius 1 is 0.833 bits per heavy atom. The number of methoxy groups -OCH3 is 1. The summed E-state index contributed by atoms with van der Waals surface area (Å²) in [5.74, 6) is -0.870. The summed E-state index contributed by atoms with van der Waals surface area (Å²) < 4.78 is 80.6. The molecule has 2 heterocycles. The van der Waals surface area contributed by atoms with Crippen LogP contribution in [0.25, 0.3) is 0 Å². The first kappa shape index (κ1) is 48.3. The molecule has 0 saturated carbocycles. The Hall–Kier alpha value is -4.34. The van der Waals surface area contributed by atoms with Crippen LogP contribution >= 0.6 is 0 Å². The predicted molar refractivity (Wildman–Crippen MR) is 205 cm³/mol. The molecule has 0 fully saturated rings. The molecule has 2 aliphatic rings. The number of hydrogen-bond donors (Lipinski definition) is 3. The summed E-state index contributed by atoms with van der Waals surface area (Å²) in [6.07, 6.45) is 10.6. The monoisotopic (exact) mass is 889 g/mol. The molecule has 2 aromatic rings. The molecule has 0 aromatic heterocycles. The molecule has 0 amide bonds. The molecular weight excluding hydrogens is 841 g/mol. The molecule has 332 valence electrons. The van der Waals surface area contributed by atoms with Crippen molar-refractivity contribution in [3.63, 3.8) is 0 Å². The molecule has 21 nitrogen and oxygen atoms in total. The maximum absolute atomic E-state index is 12.2. The van der Waals surface area contributed by atoms with Crippen molar-refractivity contribution in [1.82, 2.24) is 0 Å². The molecule has 1 unspecified atom stereocenters. The molecule has 4 rings (SSSR count). The smallest absolute Gasteiger partial charge is 0.303 e. The van der Waals surface area contributed by atoms with Gasteiger partial charge in [-0.25, -0.2) is 0 Å². The standard InChI is InChI=1S/C37H48N2O19S2/c1-6-38-32-18-16-28(60(45,46)47)25-30(32)37(4,19-11-21-49-26-51-53-55-57-58-56-54-52-50-23-22-48-5)34(38)13-10-12-33-36(2,3)29-24-27(59(42,43)44)15-17-31(29)39(33)20-9-7-8-14-35(40)41/h10,12-13,15-18,22-25H,6-9,11,14,19-21,26H2,1-5H3,(H2-,40,41,42,43,44,45,46,47)/p+1/b23-22-. The Morgan fingerprint density at radius 3 is 2.13 bits per heavy atom. The predicted octanol–water partition coefficient (Wildman–Crippen LogP) is 5.78. The van der Waals surface area contributed by atoms with Crippen molar-refractivity contribution in [2.45, 2.75) is 86.8 Å². The summed E-state index contributed by atoms with van der Waals surface area (Å²) >= 11 is 0. The van der Waals surface area contributed by atoms with Crippen LogP contribution in [0.5, 0.6) is 0 Å². The fourth-order valence-electron chi connectivity index (χ4n) is 7.14. The average molecular weight is 890 g/mol. The molecule has 0 spiro atoms. The van der Waals surface area contributed by atoms with E-state index in [-0.39, 0.29) is 22.8 Å². The quantitative estimate of drug-likeness (QED) is 0.0183. The lowest BCUT2D eigenvalue weighted by molar-refractivity contribution is -0.830. The highest BCUT2D eigenvalue weighted by atomic mass is 32.2. The van der Waals surface area contributed by atoms with Gasteiger partial charge in [0, 0.05) is 80.7 Å². The maximum atomic E-state index is 12.2. The zero-order valence-electron chi connectivity index (χ0n) is 33.5. The first-order valence-electron chi connectivity index (χ1n) is 18.4. The number of carboxylic acids is 1. The fraction of sp³-hybridized carbons (Fsp3) is 0.459. The third-order valence-electron chi connectivity index (χ3n) is 9.86. The van der Waals surface area contributed by atoms with Gasteiger partial charge in [0.2, 0.25) is 5.69 Å². The summed E-state index contributed by atoms with van der Waals surface area (Å²) in [7, 11) is -7.64.